The van der Waals surface area contributed by atoms with Gasteiger partial charge in [-0.2, -0.15) is 13.9 Å². The highest BCUT2D eigenvalue weighted by Gasteiger charge is 2.07. The third-order valence-electron chi connectivity index (χ3n) is 3.75. The number of nitrogens with zero attached hydrogens (tertiary/aromatic N) is 2. The third-order valence-corrected chi connectivity index (χ3v) is 3.75. The minimum absolute atomic E-state index is 0.116. The summed E-state index contributed by atoms with van der Waals surface area (Å²) in [4.78, 5) is 12.2. The van der Waals surface area contributed by atoms with E-state index >= 15 is 0 Å². The van der Waals surface area contributed by atoms with Crippen LogP contribution in [0.3, 0.4) is 0 Å². The van der Waals surface area contributed by atoms with E-state index in [-0.39, 0.29) is 11.7 Å². The van der Waals surface area contributed by atoms with Crippen LogP contribution < -0.4 is 10.1 Å². The number of aromatic nitrogens is 2. The minimum Gasteiger partial charge on any atom is -0.435 e. The van der Waals surface area contributed by atoms with E-state index in [1.165, 1.54) is 12.1 Å². The molecule has 0 fully saturated rings. The van der Waals surface area contributed by atoms with Crippen molar-refractivity contribution in [2.24, 2.45) is 0 Å². The van der Waals surface area contributed by atoms with Crippen LogP contribution in [0.25, 0.3) is 5.69 Å². The van der Waals surface area contributed by atoms with E-state index in [9.17, 15) is 13.6 Å². The molecule has 3 aromatic rings. The van der Waals surface area contributed by atoms with Gasteiger partial charge in [0.15, 0.2) is 0 Å². The van der Waals surface area contributed by atoms with E-state index in [1.807, 2.05) is 24.4 Å². The molecule has 26 heavy (non-hydrogen) atoms. The highest BCUT2D eigenvalue weighted by molar-refractivity contribution is 5.94. The molecule has 1 aromatic heterocycles. The van der Waals surface area contributed by atoms with Crippen molar-refractivity contribution in [1.82, 2.24) is 15.1 Å². The molecule has 0 radical (unpaired) electrons. The Morgan fingerprint density at radius 2 is 1.85 bits per heavy atom. The fraction of sp³-hybridized carbons (Fsp3) is 0.158. The fourth-order valence-corrected chi connectivity index (χ4v) is 2.45. The molecule has 2 aromatic carbocycles. The van der Waals surface area contributed by atoms with Crippen molar-refractivity contribution in [1.29, 1.82) is 0 Å². The van der Waals surface area contributed by atoms with E-state index in [1.54, 1.807) is 35.1 Å². The van der Waals surface area contributed by atoms with E-state index < -0.39 is 6.61 Å². The SMILES string of the molecule is O=C(NCCc1ccc(OC(F)F)cc1)c1ccc(-n2cccn2)cc1. The van der Waals surface area contributed by atoms with Crippen molar-refractivity contribution in [2.75, 3.05) is 6.54 Å². The Kier molecular flexibility index (Phi) is 5.58. The Morgan fingerprint density at radius 1 is 1.12 bits per heavy atom. The van der Waals surface area contributed by atoms with Crippen LogP contribution in [-0.2, 0) is 6.42 Å². The van der Waals surface area contributed by atoms with E-state index in [0.717, 1.165) is 11.3 Å². The Balaban J connectivity index is 1.49. The molecule has 1 heterocycles. The van der Waals surface area contributed by atoms with Crippen molar-refractivity contribution >= 4 is 5.91 Å². The van der Waals surface area contributed by atoms with Gasteiger partial charge in [-0.3, -0.25) is 4.79 Å². The van der Waals surface area contributed by atoms with Crippen LogP contribution in [-0.4, -0.2) is 28.8 Å². The topological polar surface area (TPSA) is 56.1 Å². The van der Waals surface area contributed by atoms with E-state index in [4.69, 9.17) is 0 Å². The second-order valence-electron chi connectivity index (χ2n) is 5.53. The summed E-state index contributed by atoms with van der Waals surface area (Å²) in [6, 6.07) is 15.3. The van der Waals surface area contributed by atoms with Crippen LogP contribution in [0.5, 0.6) is 5.75 Å². The van der Waals surface area contributed by atoms with Gasteiger partial charge in [0, 0.05) is 24.5 Å². The van der Waals surface area contributed by atoms with Crippen molar-refractivity contribution in [3.05, 3.63) is 78.1 Å². The molecule has 0 saturated heterocycles. The quantitative estimate of drug-likeness (QED) is 0.705. The predicted octanol–water partition coefficient (Wildman–Crippen LogP) is 3.45. The van der Waals surface area contributed by atoms with Gasteiger partial charge in [-0.15, -0.1) is 0 Å². The van der Waals surface area contributed by atoms with E-state index in [2.05, 4.69) is 15.2 Å². The molecule has 0 aliphatic rings. The zero-order chi connectivity index (χ0) is 18.4. The first-order chi connectivity index (χ1) is 12.6. The van der Waals surface area contributed by atoms with Crippen LogP contribution in [0.4, 0.5) is 8.78 Å². The van der Waals surface area contributed by atoms with Crippen LogP contribution in [0.1, 0.15) is 15.9 Å². The van der Waals surface area contributed by atoms with Gasteiger partial charge < -0.3 is 10.1 Å². The average molecular weight is 357 g/mol. The molecule has 0 spiro atoms. The lowest BCUT2D eigenvalue weighted by atomic mass is 10.1. The second kappa shape index (κ2) is 8.24. The monoisotopic (exact) mass is 357 g/mol. The second-order valence-corrected chi connectivity index (χ2v) is 5.53. The molecule has 134 valence electrons. The number of amides is 1. The third kappa shape index (κ3) is 4.66. The molecule has 0 bridgehead atoms. The first-order valence-electron chi connectivity index (χ1n) is 8.04. The maximum Gasteiger partial charge on any atom is 0.387 e. The number of carbonyl (C=O) groups is 1. The smallest absolute Gasteiger partial charge is 0.387 e. The van der Waals surface area contributed by atoms with Crippen molar-refractivity contribution < 1.29 is 18.3 Å². The van der Waals surface area contributed by atoms with Gasteiger partial charge in [0.1, 0.15) is 5.75 Å². The molecular formula is C19H17F2N3O2. The van der Waals surface area contributed by atoms with Crippen LogP contribution in [0.2, 0.25) is 0 Å². The molecule has 5 nitrogen and oxygen atoms in total. The first kappa shape index (κ1) is 17.6. The summed E-state index contributed by atoms with van der Waals surface area (Å²) < 4.78 is 30.2. The standard InChI is InChI=1S/C19H17F2N3O2/c20-19(21)26-17-8-2-14(3-9-17)10-12-22-18(25)15-4-6-16(7-5-15)24-13-1-11-23-24/h1-9,11,13,19H,10,12H2,(H,22,25). The summed E-state index contributed by atoms with van der Waals surface area (Å²) in [5.74, 6) is -0.0558. The highest BCUT2D eigenvalue weighted by Crippen LogP contribution is 2.15. The number of hydrogen-bond acceptors (Lipinski definition) is 3. The highest BCUT2D eigenvalue weighted by atomic mass is 19.3. The summed E-state index contributed by atoms with van der Waals surface area (Å²) >= 11 is 0. The molecular weight excluding hydrogens is 340 g/mol. The number of ether oxygens (including phenoxy) is 1. The van der Waals surface area contributed by atoms with Gasteiger partial charge in [-0.05, 0) is 54.4 Å². The number of carbonyl (C=O) groups excluding carboxylic acids is 1. The van der Waals surface area contributed by atoms with Gasteiger partial charge in [-0.1, -0.05) is 12.1 Å². The predicted molar refractivity (Wildman–Crippen MR) is 92.7 cm³/mol. The Morgan fingerprint density at radius 3 is 2.46 bits per heavy atom. The number of halogens is 2. The zero-order valence-corrected chi connectivity index (χ0v) is 13.8. The zero-order valence-electron chi connectivity index (χ0n) is 13.8. The molecule has 0 aliphatic carbocycles. The summed E-state index contributed by atoms with van der Waals surface area (Å²) in [7, 11) is 0. The normalized spacial score (nSPS) is 10.7. The maximum absolute atomic E-state index is 12.2. The van der Waals surface area contributed by atoms with Gasteiger partial charge in [0.05, 0.1) is 5.69 Å². The summed E-state index contributed by atoms with van der Waals surface area (Å²) in [5.41, 5.74) is 2.35. The van der Waals surface area contributed by atoms with Gasteiger partial charge in [0.25, 0.3) is 5.91 Å². The Bertz CT molecular complexity index is 832. The molecule has 0 atom stereocenters. The van der Waals surface area contributed by atoms with E-state index in [0.29, 0.717) is 18.5 Å². The lowest BCUT2D eigenvalue weighted by Gasteiger charge is -2.08. The van der Waals surface area contributed by atoms with Gasteiger partial charge >= 0.3 is 6.61 Å². The number of alkyl halides is 2. The molecule has 0 aliphatic heterocycles. The average Bonchev–Trinajstić information content (AvgIpc) is 3.17. The number of hydrogen-bond donors (Lipinski definition) is 1. The largest absolute Gasteiger partial charge is 0.435 e. The van der Waals surface area contributed by atoms with Crippen LogP contribution in [0.15, 0.2) is 67.0 Å². The molecule has 0 saturated carbocycles. The van der Waals surface area contributed by atoms with Crippen LogP contribution in [0, 0.1) is 0 Å². The minimum atomic E-state index is -2.83. The Labute approximate surface area is 149 Å². The van der Waals surface area contributed by atoms with Crippen LogP contribution >= 0.6 is 0 Å². The maximum atomic E-state index is 12.2. The summed E-state index contributed by atoms with van der Waals surface area (Å²) in [6.07, 6.45) is 4.10. The molecule has 1 amide bonds. The molecule has 3 rings (SSSR count). The molecule has 1 N–H and O–H groups in total. The molecule has 0 unspecified atom stereocenters. The lowest BCUT2D eigenvalue weighted by Crippen LogP contribution is -2.25. The number of benzene rings is 2. The van der Waals surface area contributed by atoms with Crippen molar-refractivity contribution in [3.63, 3.8) is 0 Å². The Hall–Kier alpha value is -3.22. The lowest BCUT2D eigenvalue weighted by molar-refractivity contribution is -0.0498. The van der Waals surface area contributed by atoms with Gasteiger partial charge in [0.2, 0.25) is 0 Å². The summed E-state index contributed by atoms with van der Waals surface area (Å²) in [5, 5.41) is 6.97. The molecule has 7 heteroatoms. The van der Waals surface area contributed by atoms with Gasteiger partial charge in [-0.25, -0.2) is 4.68 Å². The first-order valence-corrected chi connectivity index (χ1v) is 8.04. The van der Waals surface area contributed by atoms with Crippen molar-refractivity contribution in [2.45, 2.75) is 13.0 Å². The van der Waals surface area contributed by atoms with Crippen molar-refractivity contribution in [3.8, 4) is 11.4 Å². The number of rotatable bonds is 7. The number of nitrogens with one attached hydrogen (secondary N) is 1. The fourth-order valence-electron chi connectivity index (χ4n) is 2.45. The summed E-state index contributed by atoms with van der Waals surface area (Å²) in [6.45, 7) is -2.39.